The maximum Gasteiger partial charge on any atom is 0.0997 e. The molecule has 16 heavy (non-hydrogen) atoms. The Bertz CT molecular complexity index is 212. The largest absolute Gasteiger partial charge is 0.359 e. The molecule has 2 saturated heterocycles. The van der Waals surface area contributed by atoms with Crippen molar-refractivity contribution in [1.82, 2.24) is 9.80 Å². The van der Waals surface area contributed by atoms with E-state index in [2.05, 4.69) is 30.6 Å². The smallest absolute Gasteiger partial charge is 0.0997 e. The predicted octanol–water partition coefficient (Wildman–Crippen LogP) is 1.93. The van der Waals surface area contributed by atoms with Crippen LogP contribution >= 0.6 is 0 Å². The van der Waals surface area contributed by atoms with E-state index in [1.807, 2.05) is 0 Å². The SMILES string of the molecule is CCN1CCC2(CCN(C(C)C)CC2)OC1. The lowest BCUT2D eigenvalue weighted by Crippen LogP contribution is -2.53. The van der Waals surface area contributed by atoms with Gasteiger partial charge in [-0.15, -0.1) is 0 Å². The van der Waals surface area contributed by atoms with Crippen LogP contribution in [0.4, 0.5) is 0 Å². The average Bonchev–Trinajstić information content (AvgIpc) is 2.31. The van der Waals surface area contributed by atoms with Gasteiger partial charge in [0.1, 0.15) is 0 Å². The van der Waals surface area contributed by atoms with Gasteiger partial charge in [0.15, 0.2) is 0 Å². The van der Waals surface area contributed by atoms with Gasteiger partial charge in [0.05, 0.1) is 12.3 Å². The maximum absolute atomic E-state index is 6.14. The number of piperidine rings is 1. The third-order valence-electron chi connectivity index (χ3n) is 4.32. The number of ether oxygens (including phenoxy) is 1. The van der Waals surface area contributed by atoms with Crippen molar-refractivity contribution in [3.05, 3.63) is 0 Å². The molecule has 0 bridgehead atoms. The van der Waals surface area contributed by atoms with Crippen LogP contribution in [0.1, 0.15) is 40.0 Å². The summed E-state index contributed by atoms with van der Waals surface area (Å²) in [6.45, 7) is 12.4. The summed E-state index contributed by atoms with van der Waals surface area (Å²) in [4.78, 5) is 4.96. The molecule has 0 unspecified atom stereocenters. The highest BCUT2D eigenvalue weighted by Gasteiger charge is 2.38. The summed E-state index contributed by atoms with van der Waals surface area (Å²) >= 11 is 0. The highest BCUT2D eigenvalue weighted by atomic mass is 16.5. The third kappa shape index (κ3) is 2.58. The first-order valence-electron chi connectivity index (χ1n) is 6.75. The number of hydrogen-bond donors (Lipinski definition) is 0. The molecule has 2 heterocycles. The van der Waals surface area contributed by atoms with Crippen LogP contribution in [-0.2, 0) is 4.74 Å². The Morgan fingerprint density at radius 2 is 1.75 bits per heavy atom. The molecule has 0 saturated carbocycles. The Balaban J connectivity index is 1.84. The summed E-state index contributed by atoms with van der Waals surface area (Å²) in [5.41, 5.74) is 0.219. The zero-order valence-electron chi connectivity index (χ0n) is 11.0. The Morgan fingerprint density at radius 3 is 2.19 bits per heavy atom. The van der Waals surface area contributed by atoms with Crippen molar-refractivity contribution in [3.8, 4) is 0 Å². The first-order valence-corrected chi connectivity index (χ1v) is 6.75. The van der Waals surface area contributed by atoms with E-state index in [-0.39, 0.29) is 5.60 Å². The van der Waals surface area contributed by atoms with Crippen LogP contribution in [0.5, 0.6) is 0 Å². The summed E-state index contributed by atoms with van der Waals surface area (Å²) in [6, 6.07) is 0.688. The minimum Gasteiger partial charge on any atom is -0.359 e. The number of rotatable bonds is 2. The molecule has 2 aliphatic heterocycles. The lowest BCUT2D eigenvalue weighted by molar-refractivity contribution is -0.160. The summed E-state index contributed by atoms with van der Waals surface area (Å²) in [6.07, 6.45) is 3.68. The number of hydrogen-bond acceptors (Lipinski definition) is 3. The highest BCUT2D eigenvalue weighted by molar-refractivity contribution is 4.91. The van der Waals surface area contributed by atoms with Gasteiger partial charge in [0, 0.05) is 25.7 Å². The van der Waals surface area contributed by atoms with Crippen molar-refractivity contribution in [2.75, 3.05) is 32.9 Å². The van der Waals surface area contributed by atoms with E-state index >= 15 is 0 Å². The maximum atomic E-state index is 6.14. The zero-order chi connectivity index (χ0) is 11.6. The van der Waals surface area contributed by atoms with E-state index in [4.69, 9.17) is 4.74 Å². The molecule has 3 heteroatoms. The lowest BCUT2D eigenvalue weighted by Gasteiger charge is -2.47. The Labute approximate surface area is 99.7 Å². The molecule has 0 aromatic carbocycles. The van der Waals surface area contributed by atoms with Crippen LogP contribution in [0.3, 0.4) is 0 Å². The second-order valence-electron chi connectivity index (χ2n) is 5.55. The minimum atomic E-state index is 0.219. The van der Waals surface area contributed by atoms with E-state index in [0.717, 1.165) is 13.3 Å². The van der Waals surface area contributed by atoms with Gasteiger partial charge in [-0.1, -0.05) is 6.92 Å². The van der Waals surface area contributed by atoms with Crippen molar-refractivity contribution in [2.45, 2.75) is 51.7 Å². The summed E-state index contributed by atoms with van der Waals surface area (Å²) < 4.78 is 6.14. The van der Waals surface area contributed by atoms with E-state index in [1.54, 1.807) is 0 Å². The summed E-state index contributed by atoms with van der Waals surface area (Å²) in [7, 11) is 0. The normalized spacial score (nSPS) is 27.8. The fourth-order valence-corrected chi connectivity index (χ4v) is 2.82. The predicted molar refractivity (Wildman–Crippen MR) is 66.5 cm³/mol. The molecule has 94 valence electrons. The molecular formula is C13H26N2O. The van der Waals surface area contributed by atoms with Gasteiger partial charge in [0.25, 0.3) is 0 Å². The van der Waals surface area contributed by atoms with Crippen molar-refractivity contribution in [1.29, 1.82) is 0 Å². The first kappa shape index (κ1) is 12.3. The van der Waals surface area contributed by atoms with Gasteiger partial charge in [-0.05, 0) is 39.7 Å². The molecule has 0 aromatic heterocycles. The van der Waals surface area contributed by atoms with Crippen LogP contribution in [0, 0.1) is 0 Å². The highest BCUT2D eigenvalue weighted by Crippen LogP contribution is 2.33. The van der Waals surface area contributed by atoms with Crippen LogP contribution in [0.25, 0.3) is 0 Å². The van der Waals surface area contributed by atoms with Crippen LogP contribution in [0.2, 0.25) is 0 Å². The summed E-state index contributed by atoms with van der Waals surface area (Å²) in [5, 5.41) is 0. The minimum absolute atomic E-state index is 0.219. The lowest BCUT2D eigenvalue weighted by atomic mass is 9.86. The Morgan fingerprint density at radius 1 is 1.12 bits per heavy atom. The van der Waals surface area contributed by atoms with Gasteiger partial charge < -0.3 is 9.64 Å². The van der Waals surface area contributed by atoms with E-state index in [1.165, 1.54) is 38.9 Å². The molecule has 1 spiro atoms. The topological polar surface area (TPSA) is 15.7 Å². The van der Waals surface area contributed by atoms with E-state index < -0.39 is 0 Å². The molecular weight excluding hydrogens is 200 g/mol. The molecule has 0 amide bonds. The molecule has 0 aromatic rings. The molecule has 2 fully saturated rings. The van der Waals surface area contributed by atoms with Gasteiger partial charge in [-0.3, -0.25) is 4.90 Å². The fourth-order valence-electron chi connectivity index (χ4n) is 2.82. The van der Waals surface area contributed by atoms with E-state index in [9.17, 15) is 0 Å². The van der Waals surface area contributed by atoms with Crippen LogP contribution in [0.15, 0.2) is 0 Å². The van der Waals surface area contributed by atoms with Gasteiger partial charge >= 0.3 is 0 Å². The average molecular weight is 226 g/mol. The van der Waals surface area contributed by atoms with Crippen molar-refractivity contribution in [2.24, 2.45) is 0 Å². The van der Waals surface area contributed by atoms with Crippen molar-refractivity contribution >= 4 is 0 Å². The standard InChI is InChI=1S/C13H26N2O/c1-4-14-8-5-13(16-11-14)6-9-15(10-7-13)12(2)3/h12H,4-11H2,1-3H3. The Hall–Kier alpha value is -0.120. The molecule has 2 aliphatic rings. The molecule has 0 atom stereocenters. The van der Waals surface area contributed by atoms with Gasteiger partial charge in [0.2, 0.25) is 0 Å². The quantitative estimate of drug-likeness (QED) is 0.715. The van der Waals surface area contributed by atoms with Gasteiger partial charge in [-0.25, -0.2) is 0 Å². The van der Waals surface area contributed by atoms with E-state index in [0.29, 0.717) is 6.04 Å². The molecule has 3 nitrogen and oxygen atoms in total. The number of nitrogens with zero attached hydrogens (tertiary/aromatic N) is 2. The first-order chi connectivity index (χ1) is 7.65. The van der Waals surface area contributed by atoms with Crippen molar-refractivity contribution < 1.29 is 4.74 Å². The third-order valence-corrected chi connectivity index (χ3v) is 4.32. The van der Waals surface area contributed by atoms with Crippen LogP contribution < -0.4 is 0 Å². The Kier molecular flexibility index (Phi) is 3.88. The molecule has 0 N–H and O–H groups in total. The fraction of sp³-hybridized carbons (Fsp3) is 1.00. The molecule has 0 radical (unpaired) electrons. The van der Waals surface area contributed by atoms with Gasteiger partial charge in [-0.2, -0.15) is 0 Å². The van der Waals surface area contributed by atoms with Crippen LogP contribution in [-0.4, -0.2) is 54.4 Å². The second-order valence-corrected chi connectivity index (χ2v) is 5.55. The van der Waals surface area contributed by atoms with Crippen molar-refractivity contribution in [3.63, 3.8) is 0 Å². The molecule has 2 rings (SSSR count). The summed E-state index contributed by atoms with van der Waals surface area (Å²) in [5.74, 6) is 0. The number of likely N-dealkylation sites (tertiary alicyclic amines) is 1. The monoisotopic (exact) mass is 226 g/mol. The second kappa shape index (κ2) is 5.03. The zero-order valence-corrected chi connectivity index (χ0v) is 11.0. The molecule has 0 aliphatic carbocycles.